The van der Waals surface area contributed by atoms with Crippen molar-refractivity contribution in [2.75, 3.05) is 18.4 Å². The van der Waals surface area contributed by atoms with Gasteiger partial charge in [-0.15, -0.1) is 0 Å². The predicted molar refractivity (Wildman–Crippen MR) is 119 cm³/mol. The largest absolute Gasteiger partial charge is 0.471 e. The van der Waals surface area contributed by atoms with Crippen LogP contribution in [0, 0.1) is 0 Å². The predicted octanol–water partition coefficient (Wildman–Crippen LogP) is 5.06. The maximum Gasteiger partial charge on any atom is 0.214 e. The Bertz CT molecular complexity index is 1140. The number of allylic oxidation sites excluding steroid dienone is 1. The summed E-state index contributed by atoms with van der Waals surface area (Å²) < 4.78 is 6.03. The molecule has 3 aromatic rings. The summed E-state index contributed by atoms with van der Waals surface area (Å²) in [6.07, 6.45) is 7.48. The summed E-state index contributed by atoms with van der Waals surface area (Å²) in [5.41, 5.74) is 3.82. The number of anilines is 2. The average molecular weight is 420 g/mol. The van der Waals surface area contributed by atoms with Crippen LogP contribution >= 0.6 is 11.6 Å². The van der Waals surface area contributed by atoms with Crippen LogP contribution in [0.25, 0.3) is 10.9 Å². The number of pyridine rings is 1. The van der Waals surface area contributed by atoms with E-state index in [-0.39, 0.29) is 6.10 Å². The first-order valence-electron chi connectivity index (χ1n) is 10.0. The molecule has 0 bridgehead atoms. The number of hydrogen-bond donors (Lipinski definition) is 1. The molecule has 0 unspecified atom stereocenters. The van der Waals surface area contributed by atoms with E-state index < -0.39 is 0 Å². The van der Waals surface area contributed by atoms with Gasteiger partial charge in [0, 0.05) is 27.9 Å². The highest BCUT2D eigenvalue weighted by Gasteiger charge is 2.29. The van der Waals surface area contributed by atoms with Gasteiger partial charge in [-0.3, -0.25) is 0 Å². The lowest BCUT2D eigenvalue weighted by molar-refractivity contribution is 0.0439. The zero-order chi connectivity index (χ0) is 20.7. The molecule has 1 saturated heterocycles. The van der Waals surface area contributed by atoms with Crippen LogP contribution in [-0.4, -0.2) is 39.0 Å². The molecular formula is C23H22ClN5O. The molecule has 5 rings (SSSR count). The summed E-state index contributed by atoms with van der Waals surface area (Å²) in [6.45, 7) is 9.26. The second-order valence-electron chi connectivity index (χ2n) is 7.74. The van der Waals surface area contributed by atoms with Crippen molar-refractivity contribution in [1.29, 1.82) is 0 Å². The fourth-order valence-electron chi connectivity index (χ4n) is 3.62. The first-order valence-corrected chi connectivity index (χ1v) is 10.4. The molecular weight excluding hydrogens is 398 g/mol. The van der Waals surface area contributed by atoms with Gasteiger partial charge in [0.05, 0.1) is 24.8 Å². The van der Waals surface area contributed by atoms with Gasteiger partial charge >= 0.3 is 0 Å². The molecule has 1 N–H and O–H groups in total. The SMILES string of the molecule is C=CC(=C)N1CC(Oc2cc3c(Nc4ccc(Cl)c(C5CC5)c4)ncnc3cn2)C1. The molecule has 2 aliphatic rings. The van der Waals surface area contributed by atoms with Gasteiger partial charge in [-0.25, -0.2) is 15.0 Å². The monoisotopic (exact) mass is 419 g/mol. The molecule has 3 heterocycles. The van der Waals surface area contributed by atoms with Crippen LogP contribution in [0.2, 0.25) is 5.02 Å². The summed E-state index contributed by atoms with van der Waals surface area (Å²) >= 11 is 6.36. The lowest BCUT2D eigenvalue weighted by Gasteiger charge is -2.40. The number of nitrogens with one attached hydrogen (secondary N) is 1. The molecule has 2 aromatic heterocycles. The van der Waals surface area contributed by atoms with E-state index in [2.05, 4.69) is 44.4 Å². The third-order valence-electron chi connectivity index (χ3n) is 5.55. The van der Waals surface area contributed by atoms with Crippen LogP contribution in [0.15, 0.2) is 61.7 Å². The molecule has 0 amide bonds. The van der Waals surface area contributed by atoms with Crippen molar-refractivity contribution >= 4 is 34.0 Å². The average Bonchev–Trinajstić information content (AvgIpc) is 3.57. The number of ether oxygens (including phenoxy) is 1. The smallest absolute Gasteiger partial charge is 0.214 e. The molecule has 1 saturated carbocycles. The van der Waals surface area contributed by atoms with E-state index in [0.29, 0.717) is 17.6 Å². The van der Waals surface area contributed by atoms with Crippen molar-refractivity contribution in [2.24, 2.45) is 0 Å². The Morgan fingerprint density at radius 3 is 2.80 bits per heavy atom. The van der Waals surface area contributed by atoms with Gasteiger partial charge in [0.2, 0.25) is 5.88 Å². The molecule has 152 valence electrons. The van der Waals surface area contributed by atoms with E-state index >= 15 is 0 Å². The molecule has 0 radical (unpaired) electrons. The number of nitrogens with zero attached hydrogens (tertiary/aromatic N) is 4. The quantitative estimate of drug-likeness (QED) is 0.540. The zero-order valence-electron chi connectivity index (χ0n) is 16.5. The van der Waals surface area contributed by atoms with Gasteiger partial charge in [0.1, 0.15) is 18.2 Å². The van der Waals surface area contributed by atoms with E-state index in [9.17, 15) is 0 Å². The van der Waals surface area contributed by atoms with Crippen molar-refractivity contribution in [3.63, 3.8) is 0 Å². The molecule has 1 aliphatic heterocycles. The summed E-state index contributed by atoms with van der Waals surface area (Å²) in [4.78, 5) is 15.3. The van der Waals surface area contributed by atoms with E-state index in [0.717, 1.165) is 40.4 Å². The van der Waals surface area contributed by atoms with Crippen molar-refractivity contribution in [3.05, 3.63) is 72.3 Å². The zero-order valence-corrected chi connectivity index (χ0v) is 17.3. The number of aromatic nitrogens is 3. The highest BCUT2D eigenvalue weighted by atomic mass is 35.5. The topological polar surface area (TPSA) is 63.2 Å². The van der Waals surface area contributed by atoms with Crippen LogP contribution in [0.1, 0.15) is 24.3 Å². The summed E-state index contributed by atoms with van der Waals surface area (Å²) in [5, 5.41) is 5.09. The minimum absolute atomic E-state index is 0.0741. The van der Waals surface area contributed by atoms with Crippen LogP contribution in [0.3, 0.4) is 0 Å². The fourth-order valence-corrected chi connectivity index (χ4v) is 3.89. The Kier molecular flexibility index (Phi) is 4.79. The third-order valence-corrected chi connectivity index (χ3v) is 5.89. The number of likely N-dealkylation sites (tertiary alicyclic amines) is 1. The van der Waals surface area contributed by atoms with Crippen molar-refractivity contribution in [1.82, 2.24) is 19.9 Å². The molecule has 0 spiro atoms. The molecule has 7 heteroatoms. The van der Waals surface area contributed by atoms with Crippen LogP contribution in [-0.2, 0) is 0 Å². The van der Waals surface area contributed by atoms with Crippen molar-refractivity contribution in [3.8, 4) is 5.88 Å². The third kappa shape index (κ3) is 3.71. The number of halogens is 1. The minimum Gasteiger partial charge on any atom is -0.471 e. The van der Waals surface area contributed by atoms with Gasteiger partial charge in [-0.2, -0.15) is 0 Å². The molecule has 2 fully saturated rings. The standard InChI is InChI=1S/C23H22ClN5O/c1-3-14(2)29-11-17(12-29)30-22-9-19-21(10-25-22)26-13-27-23(19)28-16-6-7-20(24)18(8-16)15-4-5-15/h3,6-10,13,15,17H,1-2,4-5,11-12H2,(H,26,27,28). The first-order chi connectivity index (χ1) is 14.6. The maximum absolute atomic E-state index is 6.36. The van der Waals surface area contributed by atoms with Crippen molar-refractivity contribution < 1.29 is 4.74 Å². The van der Waals surface area contributed by atoms with Gasteiger partial charge in [-0.05, 0) is 48.6 Å². The first kappa shape index (κ1) is 18.9. The van der Waals surface area contributed by atoms with Crippen LogP contribution < -0.4 is 10.1 Å². The van der Waals surface area contributed by atoms with Gasteiger partial charge < -0.3 is 15.0 Å². The van der Waals surface area contributed by atoms with E-state index in [1.165, 1.54) is 24.7 Å². The second kappa shape index (κ2) is 7.61. The van der Waals surface area contributed by atoms with E-state index in [1.807, 2.05) is 18.2 Å². The molecule has 1 aromatic carbocycles. The van der Waals surface area contributed by atoms with Crippen molar-refractivity contribution in [2.45, 2.75) is 24.9 Å². The molecule has 30 heavy (non-hydrogen) atoms. The highest BCUT2D eigenvalue weighted by Crippen LogP contribution is 2.44. The Hall–Kier alpha value is -3.12. The lowest BCUT2D eigenvalue weighted by atomic mass is 10.1. The number of rotatable bonds is 7. The Morgan fingerprint density at radius 1 is 1.20 bits per heavy atom. The number of benzene rings is 1. The van der Waals surface area contributed by atoms with E-state index in [1.54, 1.807) is 12.3 Å². The molecule has 1 aliphatic carbocycles. The van der Waals surface area contributed by atoms with Crippen LogP contribution in [0.4, 0.5) is 11.5 Å². The lowest BCUT2D eigenvalue weighted by Crippen LogP contribution is -2.52. The normalized spacial score (nSPS) is 16.2. The fraction of sp³-hybridized carbons (Fsp3) is 0.261. The Labute approximate surface area is 180 Å². The molecule has 0 atom stereocenters. The second-order valence-corrected chi connectivity index (χ2v) is 8.15. The van der Waals surface area contributed by atoms with Gasteiger partial charge in [0.15, 0.2) is 0 Å². The van der Waals surface area contributed by atoms with Crippen LogP contribution in [0.5, 0.6) is 5.88 Å². The Morgan fingerprint density at radius 2 is 2.03 bits per heavy atom. The Balaban J connectivity index is 1.37. The maximum atomic E-state index is 6.36. The van der Waals surface area contributed by atoms with E-state index in [4.69, 9.17) is 16.3 Å². The summed E-state index contributed by atoms with van der Waals surface area (Å²) in [6, 6.07) is 7.91. The molecule has 6 nitrogen and oxygen atoms in total. The number of fused-ring (bicyclic) bond motifs is 1. The van der Waals surface area contributed by atoms with Gasteiger partial charge in [0.25, 0.3) is 0 Å². The number of hydrogen-bond acceptors (Lipinski definition) is 6. The minimum atomic E-state index is 0.0741. The summed E-state index contributed by atoms with van der Waals surface area (Å²) in [5.74, 6) is 1.85. The van der Waals surface area contributed by atoms with Gasteiger partial charge in [-0.1, -0.05) is 24.8 Å². The summed E-state index contributed by atoms with van der Waals surface area (Å²) in [7, 11) is 0. The highest BCUT2D eigenvalue weighted by molar-refractivity contribution is 6.31.